The molecule has 0 saturated heterocycles. The van der Waals surface area contributed by atoms with E-state index in [-0.39, 0.29) is 13.2 Å². The summed E-state index contributed by atoms with van der Waals surface area (Å²) >= 11 is 5.82. The molecule has 1 aromatic rings. The molecule has 1 amide bonds. The lowest BCUT2D eigenvalue weighted by Crippen LogP contribution is -2.23. The zero-order valence-corrected chi connectivity index (χ0v) is 13.9. The molecule has 0 radical (unpaired) electrons. The van der Waals surface area contributed by atoms with Crippen molar-refractivity contribution in [1.82, 2.24) is 0 Å². The minimum atomic E-state index is -4.41. The summed E-state index contributed by atoms with van der Waals surface area (Å²) in [4.78, 5) is 10.3. The van der Waals surface area contributed by atoms with Gasteiger partial charge in [-0.3, -0.25) is 4.79 Å². The number of primary sulfonamides is 2. The number of nitrogens with two attached hydrogens (primary N) is 2. The van der Waals surface area contributed by atoms with Crippen molar-refractivity contribution in [3.8, 4) is 0 Å². The Morgan fingerprint density at radius 1 is 1.22 bits per heavy atom. The van der Waals surface area contributed by atoms with Gasteiger partial charge in [-0.2, -0.15) is 0 Å². The first-order valence-corrected chi connectivity index (χ1v) is 9.31. The van der Waals surface area contributed by atoms with Crippen LogP contribution >= 0.6 is 11.6 Å². The molecule has 0 aliphatic rings. The zero-order chi connectivity index (χ0) is 17.8. The van der Waals surface area contributed by atoms with Crippen molar-refractivity contribution >= 4 is 43.2 Å². The second kappa shape index (κ2) is 7.53. The van der Waals surface area contributed by atoms with Gasteiger partial charge in [0.1, 0.15) is 11.5 Å². The highest BCUT2D eigenvalue weighted by molar-refractivity contribution is 7.90. The third kappa shape index (κ3) is 5.69. The van der Waals surface area contributed by atoms with Gasteiger partial charge in [0.05, 0.1) is 28.8 Å². The molecule has 10 nitrogen and oxygen atoms in total. The number of aliphatic hydroxyl groups excluding tert-OH is 1. The number of ether oxygens (including phenoxy) is 1. The third-order valence-electron chi connectivity index (χ3n) is 2.40. The first-order valence-electron chi connectivity index (χ1n) is 5.84. The predicted molar refractivity (Wildman–Crippen MR) is 80.7 cm³/mol. The van der Waals surface area contributed by atoms with Gasteiger partial charge in [0.25, 0.3) is 0 Å². The summed E-state index contributed by atoms with van der Waals surface area (Å²) < 4.78 is 50.6. The van der Waals surface area contributed by atoms with Crippen molar-refractivity contribution in [2.75, 3.05) is 25.1 Å². The number of sulfonamides is 2. The summed E-state index contributed by atoms with van der Waals surface area (Å²) in [5, 5.41) is 20.2. The molecule has 1 rings (SSSR count). The molecule has 1 aromatic carbocycles. The number of carbonyl (C=O) groups excluding carboxylic acids is 1. The van der Waals surface area contributed by atoms with Gasteiger partial charge in [0.15, 0.2) is 0 Å². The van der Waals surface area contributed by atoms with Gasteiger partial charge in [-0.25, -0.2) is 27.1 Å². The molecule has 0 heterocycles. The number of carbonyl (C=O) groups is 1. The van der Waals surface area contributed by atoms with E-state index < -0.39 is 53.1 Å². The molecule has 0 aliphatic carbocycles. The van der Waals surface area contributed by atoms with Gasteiger partial charge in [0.2, 0.25) is 26.0 Å². The molecule has 0 aliphatic heterocycles. The van der Waals surface area contributed by atoms with Crippen molar-refractivity contribution in [2.45, 2.75) is 9.79 Å². The maximum Gasteiger partial charge on any atom is 0.250 e. The van der Waals surface area contributed by atoms with E-state index in [4.69, 9.17) is 31.7 Å². The number of benzene rings is 1. The summed E-state index contributed by atoms with van der Waals surface area (Å²) in [6.45, 7) is -0.898. The van der Waals surface area contributed by atoms with Crippen LogP contribution in [0.15, 0.2) is 21.9 Å². The van der Waals surface area contributed by atoms with E-state index in [2.05, 4.69) is 5.32 Å². The summed E-state index contributed by atoms with van der Waals surface area (Å²) in [5.74, 6) is -0.784. The molecule has 0 aromatic heterocycles. The van der Waals surface area contributed by atoms with Crippen LogP contribution in [-0.4, -0.2) is 47.7 Å². The molecule has 23 heavy (non-hydrogen) atoms. The standard InChI is InChI=1S/C10H14ClN3O7S2/c11-7-3-6(22(12,17)18)4-8(23(13,19)20)10(7)14-9(16)5-21-2-1-15/h3-4,15H,1-2,5H2,(H,14,16)(H2,12,17,18)(H2,13,19,20). The number of hydrogen-bond donors (Lipinski definition) is 4. The summed E-state index contributed by atoms with van der Waals surface area (Å²) in [6.07, 6.45) is 0. The SMILES string of the molecule is NS(=O)(=O)c1cc(Cl)c(NC(=O)COCCO)c(S(N)(=O)=O)c1. The van der Waals surface area contributed by atoms with Crippen LogP contribution in [0.25, 0.3) is 0 Å². The number of halogens is 1. The second-order valence-electron chi connectivity index (χ2n) is 4.19. The van der Waals surface area contributed by atoms with Crippen LogP contribution in [0.1, 0.15) is 0 Å². The van der Waals surface area contributed by atoms with Crippen molar-refractivity contribution in [2.24, 2.45) is 10.3 Å². The van der Waals surface area contributed by atoms with Crippen molar-refractivity contribution < 1.29 is 31.5 Å². The maximum absolute atomic E-state index is 11.6. The molecule has 0 atom stereocenters. The van der Waals surface area contributed by atoms with Crippen LogP contribution < -0.4 is 15.6 Å². The Morgan fingerprint density at radius 3 is 2.30 bits per heavy atom. The van der Waals surface area contributed by atoms with Crippen LogP contribution in [0, 0.1) is 0 Å². The van der Waals surface area contributed by atoms with E-state index in [0.29, 0.717) is 6.07 Å². The van der Waals surface area contributed by atoms with Gasteiger partial charge in [-0.1, -0.05) is 11.6 Å². The summed E-state index contributed by atoms with van der Waals surface area (Å²) in [6, 6.07) is 1.55. The summed E-state index contributed by atoms with van der Waals surface area (Å²) in [5.41, 5.74) is -0.404. The highest BCUT2D eigenvalue weighted by Gasteiger charge is 2.23. The number of amides is 1. The first-order chi connectivity index (χ1) is 10.5. The van der Waals surface area contributed by atoms with E-state index in [1.807, 2.05) is 0 Å². The lowest BCUT2D eigenvalue weighted by Gasteiger charge is -2.13. The molecule has 0 bridgehead atoms. The van der Waals surface area contributed by atoms with Gasteiger partial charge in [0, 0.05) is 0 Å². The number of nitrogens with one attached hydrogen (secondary N) is 1. The Labute approximate surface area is 137 Å². The highest BCUT2D eigenvalue weighted by atomic mass is 35.5. The number of hydrogen-bond acceptors (Lipinski definition) is 7. The summed E-state index contributed by atoms with van der Waals surface area (Å²) in [7, 11) is -8.65. The zero-order valence-electron chi connectivity index (χ0n) is 11.5. The lowest BCUT2D eigenvalue weighted by atomic mass is 10.3. The second-order valence-corrected chi connectivity index (χ2v) is 7.69. The molecule has 13 heteroatoms. The van der Waals surface area contributed by atoms with Gasteiger partial charge in [-0.15, -0.1) is 0 Å². The predicted octanol–water partition coefficient (Wildman–Crippen LogP) is -1.42. The van der Waals surface area contributed by atoms with Gasteiger partial charge < -0.3 is 15.2 Å². The maximum atomic E-state index is 11.6. The van der Waals surface area contributed by atoms with E-state index in [0.717, 1.165) is 6.07 Å². The van der Waals surface area contributed by atoms with Crippen LogP contribution in [0.2, 0.25) is 5.02 Å². The smallest absolute Gasteiger partial charge is 0.250 e. The fourth-order valence-electron chi connectivity index (χ4n) is 1.47. The van der Waals surface area contributed by atoms with Gasteiger partial charge >= 0.3 is 0 Å². The van der Waals surface area contributed by atoms with Crippen LogP contribution in [0.3, 0.4) is 0 Å². The average molecular weight is 388 g/mol. The molecule has 0 unspecified atom stereocenters. The fourth-order valence-corrected chi connectivity index (χ4v) is 3.24. The number of anilines is 1. The number of rotatable bonds is 7. The minimum absolute atomic E-state index is 0.104. The third-order valence-corrected chi connectivity index (χ3v) is 4.52. The molecular weight excluding hydrogens is 374 g/mol. The van der Waals surface area contributed by atoms with Crippen LogP contribution in [-0.2, 0) is 29.6 Å². The monoisotopic (exact) mass is 387 g/mol. The van der Waals surface area contributed by atoms with E-state index in [9.17, 15) is 21.6 Å². The Hall–Kier alpha value is -1.28. The van der Waals surface area contributed by atoms with Crippen LogP contribution in [0.4, 0.5) is 5.69 Å². The Bertz CT molecular complexity index is 808. The molecule has 130 valence electrons. The molecule has 0 spiro atoms. The Balaban J connectivity index is 3.29. The topological polar surface area (TPSA) is 179 Å². The normalized spacial score (nSPS) is 12.2. The van der Waals surface area contributed by atoms with Crippen molar-refractivity contribution in [3.05, 3.63) is 17.2 Å². The van der Waals surface area contributed by atoms with Crippen molar-refractivity contribution in [3.63, 3.8) is 0 Å². The van der Waals surface area contributed by atoms with Gasteiger partial charge in [-0.05, 0) is 12.1 Å². The highest BCUT2D eigenvalue weighted by Crippen LogP contribution is 2.32. The van der Waals surface area contributed by atoms with E-state index in [1.165, 1.54) is 0 Å². The quantitative estimate of drug-likeness (QED) is 0.414. The first kappa shape index (κ1) is 19.8. The molecular formula is C10H14ClN3O7S2. The van der Waals surface area contributed by atoms with E-state index >= 15 is 0 Å². The van der Waals surface area contributed by atoms with Crippen LogP contribution in [0.5, 0.6) is 0 Å². The molecule has 0 saturated carbocycles. The van der Waals surface area contributed by atoms with E-state index in [1.54, 1.807) is 0 Å². The minimum Gasteiger partial charge on any atom is -0.394 e. The largest absolute Gasteiger partial charge is 0.394 e. The lowest BCUT2D eigenvalue weighted by molar-refractivity contribution is -0.120. The number of aliphatic hydroxyl groups is 1. The van der Waals surface area contributed by atoms with Crippen molar-refractivity contribution in [1.29, 1.82) is 0 Å². The average Bonchev–Trinajstić information content (AvgIpc) is 2.38. The Kier molecular flexibility index (Phi) is 6.47. The Morgan fingerprint density at radius 2 is 1.83 bits per heavy atom. The fraction of sp³-hybridized carbons (Fsp3) is 0.300. The molecule has 6 N–H and O–H groups in total. The molecule has 0 fully saturated rings.